The second-order valence-corrected chi connectivity index (χ2v) is 4.79. The molecule has 0 amide bonds. The van der Waals surface area contributed by atoms with Gasteiger partial charge >= 0.3 is 0 Å². The molecule has 0 bridgehead atoms. The van der Waals surface area contributed by atoms with Crippen LogP contribution in [0.25, 0.3) is 0 Å². The molecule has 1 aromatic rings. The molecule has 1 aromatic heterocycles. The summed E-state index contributed by atoms with van der Waals surface area (Å²) in [6, 6.07) is 0. The molecule has 1 aliphatic rings. The van der Waals surface area contributed by atoms with Crippen LogP contribution in [-0.2, 0) is 6.54 Å². The number of rotatable bonds is 6. The highest BCUT2D eigenvalue weighted by atomic mass is 16.5. The largest absolute Gasteiger partial charge is 0.476 e. The fourth-order valence-corrected chi connectivity index (χ4v) is 2.56. The quantitative estimate of drug-likeness (QED) is 0.814. The Hall–Kier alpha value is -1.10. The van der Waals surface area contributed by atoms with Gasteiger partial charge in [-0.25, -0.2) is 4.68 Å². The molecular weight excluding hydrogens is 216 g/mol. The highest BCUT2D eigenvalue weighted by molar-refractivity contribution is 5.01. The Morgan fingerprint density at radius 2 is 2.29 bits per heavy atom. The van der Waals surface area contributed by atoms with E-state index < -0.39 is 0 Å². The molecule has 5 nitrogen and oxygen atoms in total. The van der Waals surface area contributed by atoms with Crippen molar-refractivity contribution in [2.45, 2.75) is 39.2 Å². The number of aryl methyl sites for hydroxylation is 1. The van der Waals surface area contributed by atoms with Crippen LogP contribution in [-0.4, -0.2) is 28.1 Å². The van der Waals surface area contributed by atoms with Crippen molar-refractivity contribution in [3.8, 4) is 5.88 Å². The van der Waals surface area contributed by atoms with Gasteiger partial charge in [0.1, 0.15) is 6.20 Å². The fraction of sp³-hybridized carbons (Fsp3) is 0.833. The monoisotopic (exact) mass is 238 g/mol. The van der Waals surface area contributed by atoms with Gasteiger partial charge < -0.3 is 10.5 Å². The van der Waals surface area contributed by atoms with Gasteiger partial charge in [0.25, 0.3) is 0 Å². The maximum absolute atomic E-state index is 5.83. The van der Waals surface area contributed by atoms with E-state index in [9.17, 15) is 0 Å². The SMILES string of the molecule is CCCn1nncc1OCC1CCCC1CN. The van der Waals surface area contributed by atoms with E-state index in [2.05, 4.69) is 17.2 Å². The summed E-state index contributed by atoms with van der Waals surface area (Å²) in [5.74, 6) is 2.02. The zero-order valence-corrected chi connectivity index (χ0v) is 10.5. The highest BCUT2D eigenvalue weighted by Crippen LogP contribution is 2.31. The molecule has 1 saturated carbocycles. The standard InChI is InChI=1S/C12H22N4O/c1-2-6-16-12(8-14-15-16)17-9-11-5-3-4-10(11)7-13/h8,10-11H,2-7,9,13H2,1H3. The first-order valence-corrected chi connectivity index (χ1v) is 6.56. The third-order valence-electron chi connectivity index (χ3n) is 3.58. The minimum absolute atomic E-state index is 0.602. The van der Waals surface area contributed by atoms with Gasteiger partial charge in [0.2, 0.25) is 5.88 Å². The highest BCUT2D eigenvalue weighted by Gasteiger charge is 2.26. The lowest BCUT2D eigenvalue weighted by molar-refractivity contribution is 0.200. The van der Waals surface area contributed by atoms with E-state index in [1.807, 2.05) is 4.68 Å². The topological polar surface area (TPSA) is 66.0 Å². The van der Waals surface area contributed by atoms with Gasteiger partial charge in [0.05, 0.1) is 6.61 Å². The molecule has 17 heavy (non-hydrogen) atoms. The fourth-order valence-electron chi connectivity index (χ4n) is 2.56. The number of nitrogens with zero attached hydrogens (tertiary/aromatic N) is 3. The maximum atomic E-state index is 5.83. The van der Waals surface area contributed by atoms with E-state index in [0.29, 0.717) is 11.8 Å². The smallest absolute Gasteiger partial charge is 0.232 e. The van der Waals surface area contributed by atoms with Gasteiger partial charge in [0, 0.05) is 6.54 Å². The van der Waals surface area contributed by atoms with E-state index in [1.54, 1.807) is 6.20 Å². The number of aromatic nitrogens is 3. The molecule has 2 unspecified atom stereocenters. The van der Waals surface area contributed by atoms with Crippen molar-refractivity contribution in [1.29, 1.82) is 0 Å². The first-order valence-electron chi connectivity index (χ1n) is 6.56. The van der Waals surface area contributed by atoms with Crippen LogP contribution in [0.1, 0.15) is 32.6 Å². The van der Waals surface area contributed by atoms with Gasteiger partial charge in [-0.1, -0.05) is 18.6 Å². The van der Waals surface area contributed by atoms with Gasteiger partial charge in [-0.2, -0.15) is 0 Å². The van der Waals surface area contributed by atoms with E-state index in [0.717, 1.165) is 32.0 Å². The van der Waals surface area contributed by atoms with Crippen LogP contribution in [0.3, 0.4) is 0 Å². The van der Waals surface area contributed by atoms with Gasteiger partial charge in [-0.05, 0) is 37.6 Å². The summed E-state index contributed by atoms with van der Waals surface area (Å²) >= 11 is 0. The Kier molecular flexibility index (Phi) is 4.36. The molecule has 1 fully saturated rings. The molecule has 0 aliphatic heterocycles. The first kappa shape index (κ1) is 12.4. The normalized spacial score (nSPS) is 24.1. The summed E-state index contributed by atoms with van der Waals surface area (Å²) in [7, 11) is 0. The molecule has 1 heterocycles. The third kappa shape index (κ3) is 2.97. The number of ether oxygens (including phenoxy) is 1. The summed E-state index contributed by atoms with van der Waals surface area (Å²) in [6.07, 6.45) is 6.49. The Morgan fingerprint density at radius 3 is 3.06 bits per heavy atom. The molecule has 0 aromatic carbocycles. The summed E-state index contributed by atoms with van der Waals surface area (Å²) in [6.45, 7) is 4.51. The Bertz CT molecular complexity index is 339. The Balaban J connectivity index is 1.86. The predicted octanol–water partition coefficient (Wildman–Crippen LogP) is 1.44. The molecule has 96 valence electrons. The molecule has 0 saturated heterocycles. The summed E-state index contributed by atoms with van der Waals surface area (Å²) in [4.78, 5) is 0. The van der Waals surface area contributed by atoms with Crippen LogP contribution < -0.4 is 10.5 Å². The number of nitrogens with two attached hydrogens (primary N) is 1. The van der Waals surface area contributed by atoms with Crippen molar-refractivity contribution in [3.63, 3.8) is 0 Å². The van der Waals surface area contributed by atoms with Crippen molar-refractivity contribution in [2.24, 2.45) is 17.6 Å². The van der Waals surface area contributed by atoms with Crippen molar-refractivity contribution in [3.05, 3.63) is 6.20 Å². The summed E-state index contributed by atoms with van der Waals surface area (Å²) in [5.41, 5.74) is 5.77. The molecule has 2 N–H and O–H groups in total. The minimum atomic E-state index is 0.602. The summed E-state index contributed by atoms with van der Waals surface area (Å²) in [5, 5.41) is 7.90. The van der Waals surface area contributed by atoms with Crippen molar-refractivity contribution in [1.82, 2.24) is 15.0 Å². The number of hydrogen-bond donors (Lipinski definition) is 1. The lowest BCUT2D eigenvalue weighted by atomic mass is 9.97. The summed E-state index contributed by atoms with van der Waals surface area (Å²) < 4.78 is 7.65. The van der Waals surface area contributed by atoms with Crippen LogP contribution in [0.4, 0.5) is 0 Å². The zero-order valence-electron chi connectivity index (χ0n) is 10.5. The van der Waals surface area contributed by atoms with Crippen LogP contribution in [0, 0.1) is 11.8 Å². The van der Waals surface area contributed by atoms with E-state index in [-0.39, 0.29) is 0 Å². The molecule has 0 radical (unpaired) electrons. The maximum Gasteiger partial charge on any atom is 0.232 e. The van der Waals surface area contributed by atoms with Gasteiger partial charge in [-0.15, -0.1) is 5.10 Å². The Labute approximate surface area is 102 Å². The predicted molar refractivity (Wildman–Crippen MR) is 65.7 cm³/mol. The molecular formula is C12H22N4O. The van der Waals surface area contributed by atoms with Crippen LogP contribution in [0.2, 0.25) is 0 Å². The molecule has 2 rings (SSSR count). The second-order valence-electron chi connectivity index (χ2n) is 4.79. The van der Waals surface area contributed by atoms with Crippen molar-refractivity contribution >= 4 is 0 Å². The van der Waals surface area contributed by atoms with E-state index in [1.165, 1.54) is 19.3 Å². The average Bonchev–Trinajstić information content (AvgIpc) is 2.95. The van der Waals surface area contributed by atoms with Gasteiger partial charge in [0.15, 0.2) is 0 Å². The molecule has 1 aliphatic carbocycles. The average molecular weight is 238 g/mol. The van der Waals surface area contributed by atoms with E-state index >= 15 is 0 Å². The first-order chi connectivity index (χ1) is 8.35. The van der Waals surface area contributed by atoms with E-state index in [4.69, 9.17) is 10.5 Å². The Morgan fingerprint density at radius 1 is 1.47 bits per heavy atom. The van der Waals surface area contributed by atoms with Crippen LogP contribution in [0.15, 0.2) is 6.20 Å². The van der Waals surface area contributed by atoms with Gasteiger partial charge in [-0.3, -0.25) is 0 Å². The zero-order chi connectivity index (χ0) is 12.1. The molecule has 0 spiro atoms. The second kappa shape index (κ2) is 6.00. The third-order valence-corrected chi connectivity index (χ3v) is 3.58. The molecule has 2 atom stereocenters. The van der Waals surface area contributed by atoms with Crippen molar-refractivity contribution in [2.75, 3.05) is 13.2 Å². The van der Waals surface area contributed by atoms with Crippen LogP contribution >= 0.6 is 0 Å². The van der Waals surface area contributed by atoms with Crippen molar-refractivity contribution < 1.29 is 4.74 Å². The lowest BCUT2D eigenvalue weighted by Crippen LogP contribution is -2.23. The molecule has 5 heteroatoms. The lowest BCUT2D eigenvalue weighted by Gasteiger charge is -2.18. The van der Waals surface area contributed by atoms with Crippen LogP contribution in [0.5, 0.6) is 5.88 Å². The minimum Gasteiger partial charge on any atom is -0.476 e. The number of hydrogen-bond acceptors (Lipinski definition) is 4.